The van der Waals surface area contributed by atoms with Crippen molar-refractivity contribution >= 4 is 27.4 Å². The van der Waals surface area contributed by atoms with Crippen LogP contribution in [0.4, 0.5) is 0 Å². The number of hydrogen-bond donors (Lipinski definition) is 1. The Morgan fingerprint density at radius 2 is 2.00 bits per heavy atom. The van der Waals surface area contributed by atoms with Crippen molar-refractivity contribution < 1.29 is 9.90 Å². The fraction of sp³-hybridized carbons (Fsp3) is 0. The number of fused-ring (bicyclic) bond motifs is 1. The van der Waals surface area contributed by atoms with Crippen LogP contribution in [0.1, 0.15) is 10.4 Å². The molecule has 1 N–H and O–H groups in total. The Morgan fingerprint density at radius 1 is 1.17 bits per heavy atom. The molecule has 3 rings (SSSR count). The molecule has 2 aromatic heterocycles. The molecule has 2 heterocycles. The quantitative estimate of drug-likeness (QED) is 0.760. The van der Waals surface area contributed by atoms with Crippen LogP contribution in [-0.4, -0.2) is 16.1 Å². The lowest BCUT2D eigenvalue weighted by Crippen LogP contribution is -1.99. The number of pyridine rings is 1. The second-order valence-corrected chi connectivity index (χ2v) is 4.94. The van der Waals surface area contributed by atoms with E-state index in [4.69, 9.17) is 5.11 Å². The molecule has 0 unspecified atom stereocenters. The first-order valence-electron chi connectivity index (χ1n) is 5.43. The summed E-state index contributed by atoms with van der Waals surface area (Å²) in [4.78, 5) is 16.3. The van der Waals surface area contributed by atoms with Crippen LogP contribution in [0.2, 0.25) is 0 Å². The molecule has 0 saturated heterocycles. The largest absolute Gasteiger partial charge is 0.478 e. The number of aromatic carboxylic acids is 1. The van der Waals surface area contributed by atoms with Gasteiger partial charge in [-0.2, -0.15) is 0 Å². The second kappa shape index (κ2) is 4.23. The minimum Gasteiger partial charge on any atom is -0.478 e. The SMILES string of the molecule is O=C(O)c1cccnc1-c1cc2ccccc2s1. The average Bonchev–Trinajstić information content (AvgIpc) is 2.82. The normalized spacial score (nSPS) is 10.7. The molecule has 3 aromatic rings. The maximum Gasteiger partial charge on any atom is 0.337 e. The molecule has 0 bridgehead atoms. The highest BCUT2D eigenvalue weighted by molar-refractivity contribution is 7.22. The highest BCUT2D eigenvalue weighted by atomic mass is 32.1. The number of carbonyl (C=O) groups is 1. The molecule has 0 aliphatic carbocycles. The van der Waals surface area contributed by atoms with Crippen molar-refractivity contribution in [3.8, 4) is 10.6 Å². The van der Waals surface area contributed by atoms with Gasteiger partial charge < -0.3 is 5.11 Å². The molecule has 0 saturated carbocycles. The number of benzene rings is 1. The van der Waals surface area contributed by atoms with Crippen molar-refractivity contribution in [3.05, 3.63) is 54.2 Å². The van der Waals surface area contributed by atoms with Crippen molar-refractivity contribution in [1.29, 1.82) is 0 Å². The summed E-state index contributed by atoms with van der Waals surface area (Å²) in [6, 6.07) is 13.2. The van der Waals surface area contributed by atoms with Gasteiger partial charge in [0.15, 0.2) is 0 Å². The number of nitrogens with zero attached hydrogens (tertiary/aromatic N) is 1. The van der Waals surface area contributed by atoms with Crippen molar-refractivity contribution in [2.75, 3.05) is 0 Å². The van der Waals surface area contributed by atoms with Gasteiger partial charge in [-0.1, -0.05) is 18.2 Å². The highest BCUT2D eigenvalue weighted by Crippen LogP contribution is 2.33. The maximum absolute atomic E-state index is 11.2. The molecule has 1 aromatic carbocycles. The van der Waals surface area contributed by atoms with Gasteiger partial charge in [-0.15, -0.1) is 11.3 Å². The first-order valence-corrected chi connectivity index (χ1v) is 6.24. The third kappa shape index (κ3) is 1.76. The first kappa shape index (κ1) is 10.9. The Balaban J connectivity index is 2.23. The van der Waals surface area contributed by atoms with Gasteiger partial charge in [0, 0.05) is 10.9 Å². The van der Waals surface area contributed by atoms with Gasteiger partial charge in [0.2, 0.25) is 0 Å². The minimum absolute atomic E-state index is 0.240. The number of rotatable bonds is 2. The number of carboxylic acid groups (broad SMARTS) is 1. The average molecular weight is 255 g/mol. The molecular weight excluding hydrogens is 246 g/mol. The molecule has 88 valence electrons. The Kier molecular flexibility index (Phi) is 2.57. The minimum atomic E-state index is -0.949. The van der Waals surface area contributed by atoms with E-state index in [9.17, 15) is 4.79 Å². The van der Waals surface area contributed by atoms with E-state index < -0.39 is 5.97 Å². The number of hydrogen-bond acceptors (Lipinski definition) is 3. The van der Waals surface area contributed by atoms with Gasteiger partial charge in [0.25, 0.3) is 0 Å². The van der Waals surface area contributed by atoms with E-state index in [0.717, 1.165) is 15.0 Å². The third-order valence-corrected chi connectivity index (χ3v) is 3.82. The van der Waals surface area contributed by atoms with Crippen LogP contribution in [0.15, 0.2) is 48.7 Å². The fourth-order valence-electron chi connectivity index (χ4n) is 1.87. The highest BCUT2D eigenvalue weighted by Gasteiger charge is 2.14. The summed E-state index contributed by atoms with van der Waals surface area (Å²) in [5.74, 6) is -0.949. The Labute approximate surface area is 107 Å². The summed E-state index contributed by atoms with van der Waals surface area (Å²) in [7, 11) is 0. The van der Waals surface area contributed by atoms with Crippen LogP contribution in [0.3, 0.4) is 0 Å². The summed E-state index contributed by atoms with van der Waals surface area (Å²) >= 11 is 1.56. The van der Waals surface area contributed by atoms with E-state index in [-0.39, 0.29) is 5.56 Å². The summed E-state index contributed by atoms with van der Waals surface area (Å²) in [6.45, 7) is 0. The van der Waals surface area contributed by atoms with Crippen LogP contribution in [0.5, 0.6) is 0 Å². The molecule has 3 nitrogen and oxygen atoms in total. The Morgan fingerprint density at radius 3 is 2.78 bits per heavy atom. The third-order valence-electron chi connectivity index (χ3n) is 2.70. The number of aromatic nitrogens is 1. The fourth-order valence-corrected chi connectivity index (χ4v) is 2.95. The van der Waals surface area contributed by atoms with Crippen molar-refractivity contribution in [2.24, 2.45) is 0 Å². The Hall–Kier alpha value is -2.20. The summed E-state index contributed by atoms with van der Waals surface area (Å²) in [5, 5.41) is 10.3. The zero-order valence-corrected chi connectivity index (χ0v) is 10.1. The summed E-state index contributed by atoms with van der Waals surface area (Å²) in [5.41, 5.74) is 0.773. The van der Waals surface area contributed by atoms with Crippen LogP contribution in [-0.2, 0) is 0 Å². The molecule has 0 amide bonds. The van der Waals surface area contributed by atoms with E-state index in [1.165, 1.54) is 0 Å². The number of carboxylic acids is 1. The molecular formula is C14H9NO2S. The molecule has 0 atom stereocenters. The molecule has 18 heavy (non-hydrogen) atoms. The van der Waals surface area contributed by atoms with Crippen LogP contribution >= 0.6 is 11.3 Å². The van der Waals surface area contributed by atoms with Gasteiger partial charge in [-0.05, 0) is 29.7 Å². The zero-order valence-electron chi connectivity index (χ0n) is 9.33. The molecule has 4 heteroatoms. The van der Waals surface area contributed by atoms with Gasteiger partial charge in [0.05, 0.1) is 16.1 Å². The monoisotopic (exact) mass is 255 g/mol. The van der Waals surface area contributed by atoms with Crippen LogP contribution in [0, 0.1) is 0 Å². The number of thiophene rings is 1. The maximum atomic E-state index is 11.2. The van der Waals surface area contributed by atoms with E-state index in [1.54, 1.807) is 29.7 Å². The van der Waals surface area contributed by atoms with E-state index in [0.29, 0.717) is 5.69 Å². The van der Waals surface area contributed by atoms with Gasteiger partial charge in [0.1, 0.15) is 0 Å². The van der Waals surface area contributed by atoms with Crippen molar-refractivity contribution in [2.45, 2.75) is 0 Å². The van der Waals surface area contributed by atoms with E-state index >= 15 is 0 Å². The molecule has 0 fully saturated rings. The lowest BCUT2D eigenvalue weighted by Gasteiger charge is -2.00. The smallest absolute Gasteiger partial charge is 0.337 e. The predicted molar refractivity (Wildman–Crippen MR) is 72.0 cm³/mol. The standard InChI is InChI=1S/C14H9NO2S/c16-14(17)10-5-3-7-15-13(10)12-8-9-4-1-2-6-11(9)18-12/h1-8H,(H,16,17). The summed E-state index contributed by atoms with van der Waals surface area (Å²) in [6.07, 6.45) is 1.62. The second-order valence-electron chi connectivity index (χ2n) is 3.85. The van der Waals surface area contributed by atoms with E-state index in [2.05, 4.69) is 4.98 Å². The van der Waals surface area contributed by atoms with Crippen LogP contribution < -0.4 is 0 Å². The summed E-state index contributed by atoms with van der Waals surface area (Å²) < 4.78 is 1.13. The molecule has 0 radical (unpaired) electrons. The van der Waals surface area contributed by atoms with Gasteiger partial charge >= 0.3 is 5.97 Å². The molecule has 0 aliphatic heterocycles. The molecule has 0 spiro atoms. The first-order chi connectivity index (χ1) is 8.75. The lowest BCUT2D eigenvalue weighted by molar-refractivity contribution is 0.0697. The van der Waals surface area contributed by atoms with Crippen molar-refractivity contribution in [1.82, 2.24) is 4.98 Å². The van der Waals surface area contributed by atoms with Gasteiger partial charge in [-0.25, -0.2) is 4.79 Å². The zero-order chi connectivity index (χ0) is 12.5. The lowest BCUT2D eigenvalue weighted by atomic mass is 10.1. The topological polar surface area (TPSA) is 50.2 Å². The Bertz CT molecular complexity index is 700. The van der Waals surface area contributed by atoms with Crippen LogP contribution in [0.25, 0.3) is 20.7 Å². The van der Waals surface area contributed by atoms with Gasteiger partial charge in [-0.3, -0.25) is 4.98 Å². The van der Waals surface area contributed by atoms with Crippen molar-refractivity contribution in [3.63, 3.8) is 0 Å². The molecule has 0 aliphatic rings. The predicted octanol–water partition coefficient (Wildman–Crippen LogP) is 3.66. The van der Waals surface area contributed by atoms with E-state index in [1.807, 2.05) is 30.3 Å².